The third kappa shape index (κ3) is 5.03. The number of alkyl halides is 2. The monoisotopic (exact) mass is 532 g/mol. The Balaban J connectivity index is 1.51. The zero-order valence-corrected chi connectivity index (χ0v) is 20.7. The molecule has 8 nitrogen and oxygen atoms in total. The number of halogens is 4. The van der Waals surface area contributed by atoms with Crippen LogP contribution in [0.25, 0.3) is 11.3 Å². The molecule has 3 aromatic rings. The summed E-state index contributed by atoms with van der Waals surface area (Å²) in [5.74, 6) is -1.65. The molecular weight excluding hydrogens is 504 g/mol. The Hall–Kier alpha value is -3.35. The van der Waals surface area contributed by atoms with Crippen LogP contribution in [0.1, 0.15) is 29.8 Å². The molecule has 0 bridgehead atoms. The quantitative estimate of drug-likeness (QED) is 0.448. The number of fused-ring (bicyclic) bond motifs is 1. The number of benzene rings is 1. The maximum Gasteiger partial charge on any atom is 0.265 e. The standard InChI is InChI=1S/C26H28F4N6O2/c1-38-23-9-17(27)16(8-18(23)28)19-7-15(11-35-12-20-21(13-35)33-5-4-32-20)22(10-34-19)36-6-2-3-26(31,14-36)24(37)25(29)30/h4-5,7-10,24-25,37H,2-3,6,11-14,31H2,1H3/t24-,26-/m1/s1. The number of piperidine rings is 1. The first-order chi connectivity index (χ1) is 18.2. The fourth-order valence-electron chi connectivity index (χ4n) is 5.23. The van der Waals surface area contributed by atoms with Crippen LogP contribution in [-0.4, -0.2) is 63.2 Å². The van der Waals surface area contributed by atoms with E-state index in [1.54, 1.807) is 18.5 Å². The van der Waals surface area contributed by atoms with Crippen LogP contribution < -0.4 is 15.4 Å². The molecule has 1 aromatic carbocycles. The maximum absolute atomic E-state index is 14.9. The fourth-order valence-corrected chi connectivity index (χ4v) is 5.23. The van der Waals surface area contributed by atoms with Gasteiger partial charge in [-0.05, 0) is 30.5 Å². The Labute approximate surface area is 217 Å². The van der Waals surface area contributed by atoms with Crippen LogP contribution in [-0.2, 0) is 19.6 Å². The summed E-state index contributed by atoms with van der Waals surface area (Å²) in [5.41, 5.74) is 7.97. The van der Waals surface area contributed by atoms with Crippen molar-refractivity contribution in [1.29, 1.82) is 0 Å². The van der Waals surface area contributed by atoms with Crippen LogP contribution in [0.3, 0.4) is 0 Å². The molecular formula is C26H28F4N6O2. The van der Waals surface area contributed by atoms with E-state index >= 15 is 0 Å². The largest absolute Gasteiger partial charge is 0.494 e. The first kappa shape index (κ1) is 26.3. The van der Waals surface area contributed by atoms with E-state index in [4.69, 9.17) is 10.5 Å². The average molecular weight is 533 g/mol. The zero-order chi connectivity index (χ0) is 27.0. The van der Waals surface area contributed by atoms with Crippen molar-refractivity contribution in [2.75, 3.05) is 25.1 Å². The molecule has 38 heavy (non-hydrogen) atoms. The van der Waals surface area contributed by atoms with Crippen LogP contribution in [0.2, 0.25) is 0 Å². The molecule has 0 saturated carbocycles. The molecule has 2 aliphatic heterocycles. The number of pyridine rings is 1. The first-order valence-electron chi connectivity index (χ1n) is 12.2. The lowest BCUT2D eigenvalue weighted by molar-refractivity contribution is -0.0529. The average Bonchev–Trinajstić information content (AvgIpc) is 3.31. The summed E-state index contributed by atoms with van der Waals surface area (Å²) in [5, 5.41) is 10.1. The molecule has 0 aliphatic carbocycles. The summed E-state index contributed by atoms with van der Waals surface area (Å²) in [7, 11) is 1.25. The Morgan fingerprint density at radius 3 is 2.45 bits per heavy atom. The van der Waals surface area contributed by atoms with Crippen LogP contribution in [0, 0.1) is 11.6 Å². The molecule has 1 saturated heterocycles. The number of nitrogens with two attached hydrogens (primary N) is 1. The van der Waals surface area contributed by atoms with Gasteiger partial charge in [-0.1, -0.05) is 0 Å². The summed E-state index contributed by atoms with van der Waals surface area (Å²) in [6, 6.07) is 3.66. The predicted molar refractivity (Wildman–Crippen MR) is 132 cm³/mol. The molecule has 5 rings (SSSR count). The van der Waals surface area contributed by atoms with Crippen molar-refractivity contribution in [3.05, 3.63) is 65.4 Å². The maximum atomic E-state index is 14.9. The lowest BCUT2D eigenvalue weighted by Gasteiger charge is -2.44. The van der Waals surface area contributed by atoms with E-state index in [1.807, 2.05) is 4.90 Å². The highest BCUT2D eigenvalue weighted by Gasteiger charge is 2.43. The van der Waals surface area contributed by atoms with Gasteiger partial charge in [0.05, 0.1) is 41.6 Å². The second-order valence-electron chi connectivity index (χ2n) is 9.80. The van der Waals surface area contributed by atoms with E-state index in [1.165, 1.54) is 13.3 Å². The topological polar surface area (TPSA) is 101 Å². The molecule has 12 heteroatoms. The third-order valence-electron chi connectivity index (χ3n) is 7.21. The van der Waals surface area contributed by atoms with Crippen LogP contribution >= 0.6 is 0 Å². The molecule has 0 radical (unpaired) electrons. The minimum absolute atomic E-state index is 0.0125. The Bertz CT molecular complexity index is 1300. The summed E-state index contributed by atoms with van der Waals surface area (Å²) in [6.07, 6.45) is 0.545. The van der Waals surface area contributed by atoms with Crippen molar-refractivity contribution < 1.29 is 27.4 Å². The highest BCUT2D eigenvalue weighted by molar-refractivity contribution is 5.66. The Morgan fingerprint density at radius 2 is 1.79 bits per heavy atom. The van der Waals surface area contributed by atoms with Crippen molar-refractivity contribution in [3.8, 4) is 17.0 Å². The van der Waals surface area contributed by atoms with Gasteiger partial charge in [-0.25, -0.2) is 17.6 Å². The second-order valence-corrected chi connectivity index (χ2v) is 9.80. The van der Waals surface area contributed by atoms with E-state index in [0.29, 0.717) is 43.9 Å². The number of methoxy groups -OCH3 is 1. The molecule has 3 N–H and O–H groups in total. The van der Waals surface area contributed by atoms with Crippen molar-refractivity contribution in [3.63, 3.8) is 0 Å². The van der Waals surface area contributed by atoms with Crippen LogP contribution in [0.15, 0.2) is 36.8 Å². The van der Waals surface area contributed by atoms with Gasteiger partial charge < -0.3 is 20.5 Å². The van der Waals surface area contributed by atoms with Gasteiger partial charge in [-0.2, -0.15) is 0 Å². The second kappa shape index (κ2) is 10.4. The highest BCUT2D eigenvalue weighted by atomic mass is 19.3. The molecule has 4 heterocycles. The van der Waals surface area contributed by atoms with E-state index in [0.717, 1.165) is 23.5 Å². The lowest BCUT2D eigenvalue weighted by Crippen LogP contribution is -2.63. The predicted octanol–water partition coefficient (Wildman–Crippen LogP) is 3.26. The number of anilines is 1. The van der Waals surface area contributed by atoms with Crippen molar-refractivity contribution >= 4 is 5.69 Å². The molecule has 0 spiro atoms. The number of hydrogen-bond donors (Lipinski definition) is 2. The molecule has 202 valence electrons. The van der Waals surface area contributed by atoms with Gasteiger partial charge in [0.1, 0.15) is 11.9 Å². The van der Waals surface area contributed by atoms with Crippen molar-refractivity contribution in [1.82, 2.24) is 19.9 Å². The SMILES string of the molecule is COc1cc(F)c(-c2cc(CN3Cc4nccnc4C3)c(N3CCC[C@](N)([C@H](O)C(F)F)C3)cn2)cc1F. The number of hydrogen-bond acceptors (Lipinski definition) is 8. The summed E-state index contributed by atoms with van der Waals surface area (Å²) in [4.78, 5) is 17.1. The summed E-state index contributed by atoms with van der Waals surface area (Å²) >= 11 is 0. The van der Waals surface area contributed by atoms with Crippen LogP contribution in [0.4, 0.5) is 23.2 Å². The zero-order valence-electron chi connectivity index (χ0n) is 20.7. The number of rotatable bonds is 7. The number of aliphatic hydroxyl groups is 1. The highest BCUT2D eigenvalue weighted by Crippen LogP contribution is 2.35. The van der Waals surface area contributed by atoms with Gasteiger partial charge in [0.2, 0.25) is 0 Å². The van der Waals surface area contributed by atoms with E-state index in [9.17, 15) is 22.7 Å². The Morgan fingerprint density at radius 1 is 1.08 bits per heavy atom. The number of aromatic nitrogens is 3. The van der Waals surface area contributed by atoms with Crippen molar-refractivity contribution in [2.45, 2.75) is 50.5 Å². The Kier molecular flexibility index (Phi) is 7.21. The van der Waals surface area contributed by atoms with E-state index < -0.39 is 29.7 Å². The van der Waals surface area contributed by atoms with Gasteiger partial charge >= 0.3 is 0 Å². The number of ether oxygens (including phenoxy) is 1. The molecule has 0 unspecified atom stereocenters. The van der Waals surface area contributed by atoms with Crippen LogP contribution in [0.5, 0.6) is 5.75 Å². The minimum Gasteiger partial charge on any atom is -0.494 e. The first-order valence-corrected chi connectivity index (χ1v) is 12.2. The van der Waals surface area contributed by atoms with Gasteiger partial charge in [-0.3, -0.25) is 19.9 Å². The van der Waals surface area contributed by atoms with E-state index in [-0.39, 0.29) is 30.0 Å². The molecule has 2 aromatic heterocycles. The molecule has 2 atom stereocenters. The number of nitrogens with zero attached hydrogens (tertiary/aromatic N) is 5. The van der Waals surface area contributed by atoms with Gasteiger partial charge in [0.15, 0.2) is 11.6 Å². The normalized spacial score (nSPS) is 20.6. The number of aliphatic hydroxyl groups excluding tert-OH is 1. The minimum atomic E-state index is -2.98. The van der Waals surface area contributed by atoms with E-state index in [2.05, 4.69) is 19.9 Å². The lowest BCUT2D eigenvalue weighted by atomic mass is 9.84. The molecule has 1 fully saturated rings. The van der Waals surface area contributed by atoms with Crippen molar-refractivity contribution in [2.24, 2.45) is 5.73 Å². The van der Waals surface area contributed by atoms with Gasteiger partial charge in [0, 0.05) is 56.7 Å². The van der Waals surface area contributed by atoms with Gasteiger partial charge in [-0.15, -0.1) is 0 Å². The summed E-state index contributed by atoms with van der Waals surface area (Å²) < 4.78 is 61.0. The van der Waals surface area contributed by atoms with Gasteiger partial charge in [0.25, 0.3) is 6.43 Å². The third-order valence-corrected chi connectivity index (χ3v) is 7.21. The summed E-state index contributed by atoms with van der Waals surface area (Å²) in [6.45, 7) is 1.96. The molecule has 0 amide bonds. The smallest absolute Gasteiger partial charge is 0.265 e. The molecule has 2 aliphatic rings. The fraction of sp³-hybridized carbons (Fsp3) is 0.423.